The zero-order valence-electron chi connectivity index (χ0n) is 15.7. The molecule has 0 radical (unpaired) electrons. The van der Waals surface area contributed by atoms with E-state index in [-0.39, 0.29) is 17.9 Å². The first kappa shape index (κ1) is 17.2. The predicted molar refractivity (Wildman–Crippen MR) is 98.0 cm³/mol. The number of pyridine rings is 1. The number of ether oxygens (including phenoxy) is 1. The first-order valence-electron chi connectivity index (χ1n) is 9.41. The molecule has 0 spiro atoms. The average molecular weight is 354 g/mol. The lowest BCUT2D eigenvalue weighted by Crippen LogP contribution is -2.31. The molecule has 1 aliphatic carbocycles. The van der Waals surface area contributed by atoms with Crippen LogP contribution in [0.4, 0.5) is 0 Å². The number of hydrogen-bond acceptors (Lipinski definition) is 4. The molecule has 0 aromatic carbocycles. The number of nitrogens with zero attached hydrogens (tertiary/aromatic N) is 3. The van der Waals surface area contributed by atoms with Gasteiger partial charge >= 0.3 is 0 Å². The van der Waals surface area contributed by atoms with Gasteiger partial charge in [0.25, 0.3) is 5.91 Å². The summed E-state index contributed by atoms with van der Waals surface area (Å²) >= 11 is 0. The Kier molecular flexibility index (Phi) is 4.53. The number of hydrogen-bond donors (Lipinski definition) is 1. The third-order valence-electron chi connectivity index (χ3n) is 5.64. The molecular formula is C20H26N4O2. The van der Waals surface area contributed by atoms with Crippen molar-refractivity contribution in [2.75, 3.05) is 13.2 Å². The van der Waals surface area contributed by atoms with Gasteiger partial charge in [-0.1, -0.05) is 0 Å². The second-order valence-corrected chi connectivity index (χ2v) is 7.47. The van der Waals surface area contributed by atoms with Gasteiger partial charge in [0, 0.05) is 49.5 Å². The molecule has 1 aliphatic heterocycles. The van der Waals surface area contributed by atoms with Crippen molar-refractivity contribution in [3.8, 4) is 0 Å². The van der Waals surface area contributed by atoms with Crippen LogP contribution in [0.1, 0.15) is 64.3 Å². The smallest absolute Gasteiger partial charge is 0.253 e. The lowest BCUT2D eigenvalue weighted by atomic mass is 9.93. The largest absolute Gasteiger partial charge is 0.373 e. The van der Waals surface area contributed by atoms with Crippen molar-refractivity contribution in [1.29, 1.82) is 0 Å². The fourth-order valence-corrected chi connectivity index (χ4v) is 3.97. The SMILES string of the molecule is Cc1nn(C)c(C)c1[C@H]1OCC[C@@H]1CNC(=O)c1cccnc1C1CC1. The molecule has 2 aromatic heterocycles. The van der Waals surface area contributed by atoms with Crippen LogP contribution in [0, 0.1) is 19.8 Å². The number of nitrogens with one attached hydrogen (secondary N) is 1. The van der Waals surface area contributed by atoms with Gasteiger partial charge in [-0.05, 0) is 45.2 Å². The first-order valence-corrected chi connectivity index (χ1v) is 9.41. The predicted octanol–water partition coefficient (Wildman–Crippen LogP) is 2.82. The van der Waals surface area contributed by atoms with Crippen molar-refractivity contribution in [3.05, 3.63) is 46.5 Å². The van der Waals surface area contributed by atoms with Gasteiger partial charge in [-0.15, -0.1) is 0 Å². The molecule has 138 valence electrons. The Labute approximate surface area is 154 Å². The minimum Gasteiger partial charge on any atom is -0.373 e. The molecular weight excluding hydrogens is 328 g/mol. The van der Waals surface area contributed by atoms with Crippen LogP contribution in [0.3, 0.4) is 0 Å². The Morgan fingerprint density at radius 1 is 1.35 bits per heavy atom. The summed E-state index contributed by atoms with van der Waals surface area (Å²) in [7, 11) is 1.96. The van der Waals surface area contributed by atoms with Gasteiger partial charge in [-0.2, -0.15) is 5.10 Å². The van der Waals surface area contributed by atoms with Crippen molar-refractivity contribution in [3.63, 3.8) is 0 Å². The van der Waals surface area contributed by atoms with E-state index in [0.29, 0.717) is 12.5 Å². The van der Waals surface area contributed by atoms with Crippen LogP contribution in [0.2, 0.25) is 0 Å². The van der Waals surface area contributed by atoms with Gasteiger partial charge in [0.15, 0.2) is 0 Å². The molecule has 2 fully saturated rings. The molecule has 6 heteroatoms. The van der Waals surface area contributed by atoms with E-state index in [0.717, 1.165) is 48.5 Å². The van der Waals surface area contributed by atoms with Crippen LogP contribution in [0.25, 0.3) is 0 Å². The van der Waals surface area contributed by atoms with E-state index < -0.39 is 0 Å². The molecule has 0 bridgehead atoms. The van der Waals surface area contributed by atoms with Crippen LogP contribution in [0.15, 0.2) is 18.3 Å². The van der Waals surface area contributed by atoms with Crippen molar-refractivity contribution in [2.45, 2.75) is 45.1 Å². The van der Waals surface area contributed by atoms with Gasteiger partial charge in [-0.25, -0.2) is 0 Å². The fourth-order valence-electron chi connectivity index (χ4n) is 3.97. The van der Waals surface area contributed by atoms with E-state index in [2.05, 4.69) is 22.3 Å². The van der Waals surface area contributed by atoms with E-state index >= 15 is 0 Å². The van der Waals surface area contributed by atoms with E-state index in [4.69, 9.17) is 4.74 Å². The summed E-state index contributed by atoms with van der Waals surface area (Å²) < 4.78 is 7.92. The number of carbonyl (C=O) groups excluding carboxylic acids is 1. The molecule has 1 saturated carbocycles. The number of aryl methyl sites for hydroxylation is 2. The third-order valence-corrected chi connectivity index (χ3v) is 5.64. The maximum Gasteiger partial charge on any atom is 0.253 e. The average Bonchev–Trinajstić information content (AvgIpc) is 3.33. The van der Waals surface area contributed by atoms with Crippen LogP contribution in [-0.2, 0) is 11.8 Å². The van der Waals surface area contributed by atoms with Crippen molar-refractivity contribution in [2.24, 2.45) is 13.0 Å². The number of aromatic nitrogens is 3. The van der Waals surface area contributed by atoms with E-state index in [9.17, 15) is 4.79 Å². The highest BCUT2D eigenvalue weighted by Crippen LogP contribution is 2.40. The molecule has 6 nitrogen and oxygen atoms in total. The molecule has 1 saturated heterocycles. The highest BCUT2D eigenvalue weighted by Gasteiger charge is 2.34. The van der Waals surface area contributed by atoms with E-state index in [1.807, 2.05) is 30.8 Å². The lowest BCUT2D eigenvalue weighted by molar-refractivity contribution is 0.0839. The number of amides is 1. The summed E-state index contributed by atoms with van der Waals surface area (Å²) in [6.07, 6.45) is 4.99. The molecule has 1 N–H and O–H groups in total. The van der Waals surface area contributed by atoms with Crippen molar-refractivity contribution >= 4 is 5.91 Å². The molecule has 26 heavy (non-hydrogen) atoms. The number of rotatable bonds is 5. The zero-order chi connectivity index (χ0) is 18.3. The van der Waals surface area contributed by atoms with Gasteiger partial charge < -0.3 is 10.1 Å². The molecule has 4 rings (SSSR count). The van der Waals surface area contributed by atoms with E-state index in [1.165, 1.54) is 5.56 Å². The summed E-state index contributed by atoms with van der Waals surface area (Å²) in [6.45, 7) is 5.43. The maximum absolute atomic E-state index is 12.7. The van der Waals surface area contributed by atoms with Crippen LogP contribution in [0.5, 0.6) is 0 Å². The van der Waals surface area contributed by atoms with Gasteiger partial charge in [0.05, 0.1) is 23.1 Å². The van der Waals surface area contributed by atoms with Crippen molar-refractivity contribution in [1.82, 2.24) is 20.1 Å². The Morgan fingerprint density at radius 3 is 2.85 bits per heavy atom. The normalized spacial score (nSPS) is 22.6. The van der Waals surface area contributed by atoms with Gasteiger partial charge in [-0.3, -0.25) is 14.5 Å². The van der Waals surface area contributed by atoms with Crippen LogP contribution in [-0.4, -0.2) is 33.8 Å². The van der Waals surface area contributed by atoms with Crippen LogP contribution >= 0.6 is 0 Å². The highest BCUT2D eigenvalue weighted by atomic mass is 16.5. The Morgan fingerprint density at radius 2 is 2.15 bits per heavy atom. The first-order chi connectivity index (χ1) is 12.6. The minimum atomic E-state index is -0.0229. The second-order valence-electron chi connectivity index (χ2n) is 7.47. The number of carbonyl (C=O) groups is 1. The standard InChI is InChI=1S/C20H26N4O2/c1-12-17(13(2)24(3)23-12)19-15(8-10-26-19)11-22-20(25)16-5-4-9-21-18(16)14-6-7-14/h4-5,9,14-15,19H,6-8,10-11H2,1-3H3,(H,22,25)/t15-,19+/m1/s1. The summed E-state index contributed by atoms with van der Waals surface area (Å²) in [5.74, 6) is 0.701. The summed E-state index contributed by atoms with van der Waals surface area (Å²) in [6, 6.07) is 3.72. The molecule has 2 atom stereocenters. The Bertz CT molecular complexity index is 825. The molecule has 0 unspecified atom stereocenters. The highest BCUT2D eigenvalue weighted by molar-refractivity contribution is 5.95. The van der Waals surface area contributed by atoms with E-state index in [1.54, 1.807) is 6.20 Å². The fraction of sp³-hybridized carbons (Fsp3) is 0.550. The Hall–Kier alpha value is -2.21. The molecule has 1 amide bonds. The quantitative estimate of drug-likeness (QED) is 0.896. The van der Waals surface area contributed by atoms with Crippen LogP contribution < -0.4 is 5.32 Å². The molecule has 3 heterocycles. The topological polar surface area (TPSA) is 69.0 Å². The molecule has 2 aromatic rings. The lowest BCUT2D eigenvalue weighted by Gasteiger charge is -2.20. The zero-order valence-corrected chi connectivity index (χ0v) is 15.7. The maximum atomic E-state index is 12.7. The molecule has 2 aliphatic rings. The monoisotopic (exact) mass is 354 g/mol. The Balaban J connectivity index is 1.46. The van der Waals surface area contributed by atoms with Gasteiger partial charge in [0.2, 0.25) is 0 Å². The van der Waals surface area contributed by atoms with Gasteiger partial charge in [0.1, 0.15) is 0 Å². The second kappa shape index (κ2) is 6.83. The summed E-state index contributed by atoms with van der Waals surface area (Å²) in [4.78, 5) is 17.2. The summed E-state index contributed by atoms with van der Waals surface area (Å²) in [5.41, 5.74) is 4.98. The summed E-state index contributed by atoms with van der Waals surface area (Å²) in [5, 5.41) is 7.63. The third kappa shape index (κ3) is 3.14. The minimum absolute atomic E-state index is 0.000742. The van der Waals surface area contributed by atoms with Crippen molar-refractivity contribution < 1.29 is 9.53 Å².